The van der Waals surface area contributed by atoms with E-state index in [0.717, 1.165) is 10.6 Å². The molecule has 30 heavy (non-hydrogen) atoms. The van der Waals surface area contributed by atoms with Crippen LogP contribution in [0.3, 0.4) is 0 Å². The number of anilines is 1. The molecule has 6 nitrogen and oxygen atoms in total. The Bertz CT molecular complexity index is 1150. The summed E-state index contributed by atoms with van der Waals surface area (Å²) in [7, 11) is 0. The largest absolute Gasteiger partial charge is 0.460 e. The van der Waals surface area contributed by atoms with Crippen LogP contribution >= 0.6 is 11.3 Å². The SMILES string of the molecule is CC(C)Oc1nc(-c2cccs2)n(-c2cccc(NC(=O)c3ccc(F)cc3)c2)n1. The van der Waals surface area contributed by atoms with Gasteiger partial charge >= 0.3 is 6.01 Å². The summed E-state index contributed by atoms with van der Waals surface area (Å²) in [6, 6.07) is 16.9. The lowest BCUT2D eigenvalue weighted by atomic mass is 10.2. The van der Waals surface area contributed by atoms with Gasteiger partial charge in [0.05, 0.1) is 16.7 Å². The quantitative estimate of drug-likeness (QED) is 0.465. The Kier molecular flexibility index (Phi) is 5.58. The Morgan fingerprint density at radius 3 is 2.63 bits per heavy atom. The normalized spacial score (nSPS) is 10.9. The summed E-state index contributed by atoms with van der Waals surface area (Å²) in [5, 5.41) is 9.30. The maximum Gasteiger partial charge on any atom is 0.336 e. The van der Waals surface area contributed by atoms with Crippen LogP contribution in [-0.2, 0) is 0 Å². The van der Waals surface area contributed by atoms with E-state index in [4.69, 9.17) is 4.74 Å². The van der Waals surface area contributed by atoms with Gasteiger partial charge in [0.2, 0.25) is 0 Å². The second-order valence-corrected chi connectivity index (χ2v) is 7.73. The number of rotatable bonds is 6. The molecular formula is C22H19FN4O2S. The van der Waals surface area contributed by atoms with Crippen molar-refractivity contribution in [3.63, 3.8) is 0 Å². The highest BCUT2D eigenvalue weighted by molar-refractivity contribution is 7.13. The molecule has 1 N–H and O–H groups in total. The molecule has 2 heterocycles. The zero-order valence-corrected chi connectivity index (χ0v) is 17.2. The first-order chi connectivity index (χ1) is 14.5. The minimum atomic E-state index is -0.389. The van der Waals surface area contributed by atoms with E-state index in [1.807, 2.05) is 43.5 Å². The van der Waals surface area contributed by atoms with Crippen molar-refractivity contribution in [2.24, 2.45) is 0 Å². The molecule has 2 aromatic carbocycles. The van der Waals surface area contributed by atoms with Gasteiger partial charge in [0.1, 0.15) is 5.82 Å². The number of halogens is 1. The predicted octanol–water partition coefficient (Wildman–Crippen LogP) is 5.17. The Balaban J connectivity index is 1.65. The highest BCUT2D eigenvalue weighted by Crippen LogP contribution is 2.28. The van der Waals surface area contributed by atoms with Gasteiger partial charge < -0.3 is 10.1 Å². The monoisotopic (exact) mass is 422 g/mol. The van der Waals surface area contributed by atoms with E-state index in [2.05, 4.69) is 15.4 Å². The molecule has 0 atom stereocenters. The van der Waals surface area contributed by atoms with Crippen molar-refractivity contribution < 1.29 is 13.9 Å². The summed E-state index contributed by atoms with van der Waals surface area (Å²) < 4.78 is 20.5. The lowest BCUT2D eigenvalue weighted by Crippen LogP contribution is -2.12. The van der Waals surface area contributed by atoms with Crippen molar-refractivity contribution in [2.75, 3.05) is 5.32 Å². The maximum atomic E-state index is 13.1. The van der Waals surface area contributed by atoms with Gasteiger partial charge in [-0.2, -0.15) is 4.98 Å². The standard InChI is InChI=1S/C22H19FN4O2S/c1-14(2)29-22-25-20(19-7-4-12-30-19)27(26-22)18-6-3-5-17(13-18)24-21(28)15-8-10-16(23)11-9-15/h3-14H,1-2H3,(H,24,28). The molecule has 0 aliphatic rings. The van der Waals surface area contributed by atoms with E-state index < -0.39 is 0 Å². The van der Waals surface area contributed by atoms with Crippen LogP contribution in [0.2, 0.25) is 0 Å². The number of carbonyl (C=O) groups excluding carboxylic acids is 1. The number of nitrogens with zero attached hydrogens (tertiary/aromatic N) is 3. The van der Waals surface area contributed by atoms with E-state index in [9.17, 15) is 9.18 Å². The van der Waals surface area contributed by atoms with Crippen LogP contribution in [0.4, 0.5) is 10.1 Å². The molecule has 0 aliphatic heterocycles. The van der Waals surface area contributed by atoms with Crippen LogP contribution in [0, 0.1) is 5.82 Å². The van der Waals surface area contributed by atoms with Crippen molar-refractivity contribution in [3.8, 4) is 22.4 Å². The third-order valence-corrected chi connectivity index (χ3v) is 4.99. The molecule has 2 aromatic heterocycles. The predicted molar refractivity (Wildman–Crippen MR) is 115 cm³/mol. The maximum absolute atomic E-state index is 13.1. The van der Waals surface area contributed by atoms with Crippen LogP contribution in [-0.4, -0.2) is 26.8 Å². The average molecular weight is 422 g/mol. The third kappa shape index (κ3) is 4.38. The van der Waals surface area contributed by atoms with E-state index in [1.54, 1.807) is 28.2 Å². The Morgan fingerprint density at radius 1 is 1.13 bits per heavy atom. The molecule has 0 bridgehead atoms. The summed E-state index contributed by atoms with van der Waals surface area (Å²) in [4.78, 5) is 17.9. The van der Waals surface area contributed by atoms with Gasteiger partial charge in [0.15, 0.2) is 5.82 Å². The molecule has 4 aromatic rings. The first-order valence-corrected chi connectivity index (χ1v) is 10.2. The molecule has 1 amide bonds. The van der Waals surface area contributed by atoms with Crippen molar-refractivity contribution in [3.05, 3.63) is 77.4 Å². The molecule has 0 saturated heterocycles. The molecule has 4 rings (SSSR count). The minimum absolute atomic E-state index is 0.0571. The Labute approximate surface area is 177 Å². The van der Waals surface area contributed by atoms with Gasteiger partial charge in [0.25, 0.3) is 5.91 Å². The number of nitrogens with one attached hydrogen (secondary N) is 1. The van der Waals surface area contributed by atoms with Gasteiger partial charge in [-0.15, -0.1) is 16.4 Å². The number of aromatic nitrogens is 3. The molecule has 0 spiro atoms. The summed E-state index contributed by atoms with van der Waals surface area (Å²) in [6.45, 7) is 3.83. The summed E-state index contributed by atoms with van der Waals surface area (Å²) >= 11 is 1.55. The Morgan fingerprint density at radius 2 is 1.93 bits per heavy atom. The first kappa shape index (κ1) is 19.8. The number of thiophene rings is 1. The number of amides is 1. The number of hydrogen-bond donors (Lipinski definition) is 1. The second-order valence-electron chi connectivity index (χ2n) is 6.79. The Hall–Kier alpha value is -3.52. The minimum Gasteiger partial charge on any atom is -0.460 e. The van der Waals surface area contributed by atoms with E-state index >= 15 is 0 Å². The van der Waals surface area contributed by atoms with Gasteiger partial charge in [-0.1, -0.05) is 12.1 Å². The zero-order valence-electron chi connectivity index (χ0n) is 16.4. The fraction of sp³-hybridized carbons (Fsp3) is 0.136. The number of benzene rings is 2. The number of ether oxygens (including phenoxy) is 1. The molecule has 0 saturated carbocycles. The lowest BCUT2D eigenvalue weighted by Gasteiger charge is -2.09. The van der Waals surface area contributed by atoms with E-state index in [1.165, 1.54) is 24.3 Å². The first-order valence-electron chi connectivity index (χ1n) is 9.34. The molecule has 0 fully saturated rings. The summed E-state index contributed by atoms with van der Waals surface area (Å²) in [5.74, 6) is -0.0593. The van der Waals surface area contributed by atoms with Crippen LogP contribution < -0.4 is 10.1 Å². The second kappa shape index (κ2) is 8.46. The lowest BCUT2D eigenvalue weighted by molar-refractivity contribution is 0.102. The molecule has 0 unspecified atom stereocenters. The molecule has 0 radical (unpaired) electrons. The van der Waals surface area contributed by atoms with Crippen molar-refractivity contribution in [1.82, 2.24) is 14.8 Å². The average Bonchev–Trinajstić information content (AvgIpc) is 3.38. The van der Waals surface area contributed by atoms with Crippen molar-refractivity contribution in [1.29, 1.82) is 0 Å². The highest BCUT2D eigenvalue weighted by atomic mass is 32.1. The van der Waals surface area contributed by atoms with Gasteiger partial charge in [-0.3, -0.25) is 4.79 Å². The van der Waals surface area contributed by atoms with Crippen molar-refractivity contribution in [2.45, 2.75) is 20.0 Å². The van der Waals surface area contributed by atoms with Gasteiger partial charge in [-0.05, 0) is 67.8 Å². The topological polar surface area (TPSA) is 69.0 Å². The number of hydrogen-bond acceptors (Lipinski definition) is 5. The highest BCUT2D eigenvalue weighted by Gasteiger charge is 2.17. The summed E-state index contributed by atoms with van der Waals surface area (Å²) in [5.41, 5.74) is 1.68. The van der Waals surface area contributed by atoms with Crippen LogP contribution in [0.15, 0.2) is 66.0 Å². The van der Waals surface area contributed by atoms with Crippen LogP contribution in [0.25, 0.3) is 16.4 Å². The summed E-state index contributed by atoms with van der Waals surface area (Å²) in [6.07, 6.45) is -0.0571. The third-order valence-electron chi connectivity index (χ3n) is 4.13. The van der Waals surface area contributed by atoms with E-state index in [0.29, 0.717) is 17.1 Å². The molecule has 0 aliphatic carbocycles. The van der Waals surface area contributed by atoms with Crippen molar-refractivity contribution >= 4 is 22.9 Å². The number of carbonyl (C=O) groups is 1. The fourth-order valence-electron chi connectivity index (χ4n) is 2.82. The fourth-order valence-corrected chi connectivity index (χ4v) is 3.52. The zero-order chi connectivity index (χ0) is 21.1. The molecule has 8 heteroatoms. The van der Waals surface area contributed by atoms with Gasteiger partial charge in [0, 0.05) is 11.3 Å². The molecular weight excluding hydrogens is 403 g/mol. The van der Waals surface area contributed by atoms with Crippen LogP contribution in [0.1, 0.15) is 24.2 Å². The van der Waals surface area contributed by atoms with Crippen LogP contribution in [0.5, 0.6) is 6.01 Å². The molecule has 152 valence electrons. The smallest absolute Gasteiger partial charge is 0.336 e. The van der Waals surface area contributed by atoms with E-state index in [-0.39, 0.29) is 23.8 Å². The van der Waals surface area contributed by atoms with Gasteiger partial charge in [-0.25, -0.2) is 9.07 Å².